The summed E-state index contributed by atoms with van der Waals surface area (Å²) in [5.74, 6) is 1.69. The highest BCUT2D eigenvalue weighted by molar-refractivity contribution is 5.35. The van der Waals surface area contributed by atoms with Crippen LogP contribution in [0.5, 0.6) is 5.75 Å². The van der Waals surface area contributed by atoms with Crippen LogP contribution in [0.4, 0.5) is 0 Å². The molecule has 0 aliphatic heterocycles. The van der Waals surface area contributed by atoms with Gasteiger partial charge in [0.1, 0.15) is 5.75 Å². The van der Waals surface area contributed by atoms with Crippen LogP contribution in [0.1, 0.15) is 50.8 Å². The summed E-state index contributed by atoms with van der Waals surface area (Å²) in [7, 11) is 0. The highest BCUT2D eigenvalue weighted by Crippen LogP contribution is 2.25. The molecular weight excluding hydrogens is 294 g/mol. The number of hydrogen-bond acceptors (Lipinski definition) is 2. The van der Waals surface area contributed by atoms with Crippen molar-refractivity contribution in [2.45, 2.75) is 46.1 Å². The third-order valence-electron chi connectivity index (χ3n) is 4.27. The number of benzene rings is 2. The minimum atomic E-state index is 0.302. The lowest BCUT2D eigenvalue weighted by Crippen LogP contribution is -2.21. The van der Waals surface area contributed by atoms with Gasteiger partial charge in [-0.2, -0.15) is 0 Å². The zero-order valence-electron chi connectivity index (χ0n) is 15.3. The first-order valence-corrected chi connectivity index (χ1v) is 9.16. The summed E-state index contributed by atoms with van der Waals surface area (Å²) in [5.41, 5.74) is 2.66. The molecule has 2 aromatic rings. The summed E-state index contributed by atoms with van der Waals surface area (Å²) in [5, 5.41) is 3.63. The molecule has 0 saturated heterocycles. The van der Waals surface area contributed by atoms with Gasteiger partial charge < -0.3 is 10.1 Å². The van der Waals surface area contributed by atoms with Gasteiger partial charge in [-0.15, -0.1) is 0 Å². The van der Waals surface area contributed by atoms with Gasteiger partial charge in [-0.25, -0.2) is 0 Å². The maximum Gasteiger partial charge on any atom is 0.124 e. The Bertz CT molecular complexity index is 580. The van der Waals surface area contributed by atoms with Crippen LogP contribution in [0.15, 0.2) is 54.6 Å². The second-order valence-corrected chi connectivity index (χ2v) is 6.83. The van der Waals surface area contributed by atoms with Gasteiger partial charge in [0.25, 0.3) is 0 Å². The van der Waals surface area contributed by atoms with Gasteiger partial charge in [0.05, 0.1) is 6.61 Å². The lowest BCUT2D eigenvalue weighted by Gasteiger charge is -2.19. The maximum absolute atomic E-state index is 6.00. The second-order valence-electron chi connectivity index (χ2n) is 6.83. The van der Waals surface area contributed by atoms with Gasteiger partial charge in [0.15, 0.2) is 0 Å². The maximum atomic E-state index is 6.00. The Hall–Kier alpha value is -1.80. The van der Waals surface area contributed by atoms with Crippen molar-refractivity contribution in [2.75, 3.05) is 13.2 Å². The van der Waals surface area contributed by atoms with E-state index in [4.69, 9.17) is 4.74 Å². The summed E-state index contributed by atoms with van der Waals surface area (Å²) in [6.45, 7) is 8.47. The first kappa shape index (κ1) is 18.5. The lowest BCUT2D eigenvalue weighted by atomic mass is 10.1. The standard InChI is InChI=1S/C22H31NO/c1-18(2)15-17-24-22-14-8-7-13-21(22)19(3)23-16-9-12-20-10-5-4-6-11-20/h4-8,10-11,13-14,18-19,23H,9,12,15-17H2,1-3H3. The van der Waals surface area contributed by atoms with Crippen molar-refractivity contribution >= 4 is 0 Å². The Kier molecular flexibility index (Phi) is 7.84. The highest BCUT2D eigenvalue weighted by atomic mass is 16.5. The van der Waals surface area contributed by atoms with Crippen LogP contribution in [0, 0.1) is 5.92 Å². The van der Waals surface area contributed by atoms with Crippen LogP contribution in [-0.4, -0.2) is 13.2 Å². The fourth-order valence-corrected chi connectivity index (χ4v) is 2.74. The number of ether oxygens (including phenoxy) is 1. The average molecular weight is 325 g/mol. The predicted molar refractivity (Wildman–Crippen MR) is 103 cm³/mol. The molecule has 130 valence electrons. The van der Waals surface area contributed by atoms with Gasteiger partial charge in [-0.1, -0.05) is 62.4 Å². The second kappa shape index (κ2) is 10.1. The van der Waals surface area contributed by atoms with Crippen LogP contribution in [0.3, 0.4) is 0 Å². The summed E-state index contributed by atoms with van der Waals surface area (Å²) in [6.07, 6.45) is 3.35. The molecule has 1 N–H and O–H groups in total. The fourth-order valence-electron chi connectivity index (χ4n) is 2.74. The lowest BCUT2D eigenvalue weighted by molar-refractivity contribution is 0.284. The Labute approximate surface area is 147 Å². The molecule has 0 fully saturated rings. The molecule has 2 rings (SSSR count). The summed E-state index contributed by atoms with van der Waals surface area (Å²) >= 11 is 0. The molecular formula is C22H31NO. The van der Waals surface area contributed by atoms with Crippen molar-refractivity contribution in [3.05, 3.63) is 65.7 Å². The molecule has 1 atom stereocenters. The van der Waals surface area contributed by atoms with Crippen LogP contribution >= 0.6 is 0 Å². The molecule has 0 aliphatic rings. The van der Waals surface area contributed by atoms with Gasteiger partial charge in [0, 0.05) is 11.6 Å². The monoisotopic (exact) mass is 325 g/mol. The third-order valence-corrected chi connectivity index (χ3v) is 4.27. The minimum Gasteiger partial charge on any atom is -0.493 e. The summed E-state index contributed by atoms with van der Waals surface area (Å²) < 4.78 is 6.00. The molecule has 0 radical (unpaired) electrons. The normalized spacial score (nSPS) is 12.3. The average Bonchev–Trinajstić information content (AvgIpc) is 2.59. The SMILES string of the molecule is CC(C)CCOc1ccccc1C(C)NCCCc1ccccc1. The largest absolute Gasteiger partial charge is 0.493 e. The van der Waals surface area contributed by atoms with Crippen molar-refractivity contribution in [2.24, 2.45) is 5.92 Å². The van der Waals surface area contributed by atoms with Crippen molar-refractivity contribution in [1.29, 1.82) is 0 Å². The smallest absolute Gasteiger partial charge is 0.124 e. The number of para-hydroxylation sites is 1. The van der Waals surface area contributed by atoms with Crippen molar-refractivity contribution in [3.8, 4) is 5.75 Å². The van der Waals surface area contributed by atoms with Crippen molar-refractivity contribution in [3.63, 3.8) is 0 Å². The van der Waals surface area contributed by atoms with Gasteiger partial charge in [-0.3, -0.25) is 0 Å². The van der Waals surface area contributed by atoms with Gasteiger partial charge in [0.2, 0.25) is 0 Å². The van der Waals surface area contributed by atoms with E-state index in [0.717, 1.165) is 38.2 Å². The summed E-state index contributed by atoms with van der Waals surface area (Å²) in [4.78, 5) is 0. The van der Waals surface area contributed by atoms with E-state index in [0.29, 0.717) is 12.0 Å². The molecule has 0 amide bonds. The molecule has 0 heterocycles. The Balaban J connectivity index is 1.80. The Morgan fingerprint density at radius 2 is 1.62 bits per heavy atom. The molecule has 2 aromatic carbocycles. The van der Waals surface area contributed by atoms with E-state index in [1.54, 1.807) is 0 Å². The Morgan fingerprint density at radius 1 is 0.917 bits per heavy atom. The van der Waals surface area contributed by atoms with E-state index in [9.17, 15) is 0 Å². The van der Waals surface area contributed by atoms with E-state index in [1.807, 2.05) is 0 Å². The zero-order chi connectivity index (χ0) is 17.2. The quantitative estimate of drug-likeness (QED) is 0.591. The van der Waals surface area contributed by atoms with E-state index in [1.165, 1.54) is 11.1 Å². The fraction of sp³-hybridized carbons (Fsp3) is 0.455. The number of rotatable bonds is 10. The topological polar surface area (TPSA) is 21.3 Å². The van der Waals surface area contributed by atoms with Crippen LogP contribution in [-0.2, 0) is 6.42 Å². The van der Waals surface area contributed by atoms with Crippen LogP contribution in [0.25, 0.3) is 0 Å². The van der Waals surface area contributed by atoms with Gasteiger partial charge in [-0.05, 0) is 50.3 Å². The third kappa shape index (κ3) is 6.37. The van der Waals surface area contributed by atoms with E-state index in [2.05, 4.69) is 80.7 Å². The van der Waals surface area contributed by atoms with Crippen molar-refractivity contribution in [1.82, 2.24) is 5.32 Å². The van der Waals surface area contributed by atoms with E-state index in [-0.39, 0.29) is 0 Å². The molecule has 0 bridgehead atoms. The molecule has 0 spiro atoms. The van der Waals surface area contributed by atoms with Crippen LogP contribution < -0.4 is 10.1 Å². The van der Waals surface area contributed by atoms with Gasteiger partial charge >= 0.3 is 0 Å². The molecule has 0 aliphatic carbocycles. The number of hydrogen-bond donors (Lipinski definition) is 1. The number of nitrogens with one attached hydrogen (secondary N) is 1. The van der Waals surface area contributed by atoms with Crippen LogP contribution in [0.2, 0.25) is 0 Å². The molecule has 0 aromatic heterocycles. The molecule has 1 unspecified atom stereocenters. The molecule has 2 heteroatoms. The molecule has 2 nitrogen and oxygen atoms in total. The summed E-state index contributed by atoms with van der Waals surface area (Å²) in [6, 6.07) is 19.4. The number of aryl methyl sites for hydroxylation is 1. The first-order valence-electron chi connectivity index (χ1n) is 9.16. The first-order chi connectivity index (χ1) is 11.7. The van der Waals surface area contributed by atoms with E-state index < -0.39 is 0 Å². The van der Waals surface area contributed by atoms with Crippen molar-refractivity contribution < 1.29 is 4.74 Å². The molecule has 0 saturated carbocycles. The molecule has 24 heavy (non-hydrogen) atoms. The Morgan fingerprint density at radius 3 is 2.38 bits per heavy atom. The minimum absolute atomic E-state index is 0.302. The predicted octanol–water partition coefficient (Wildman–Crippen LogP) is 5.39. The van der Waals surface area contributed by atoms with E-state index >= 15 is 0 Å². The zero-order valence-corrected chi connectivity index (χ0v) is 15.3. The highest BCUT2D eigenvalue weighted by Gasteiger charge is 2.10.